The first kappa shape index (κ1) is 15.6. The first-order chi connectivity index (χ1) is 11.1. The lowest BCUT2D eigenvalue weighted by Crippen LogP contribution is -2.44. The Morgan fingerprint density at radius 2 is 1.96 bits per heavy atom. The Labute approximate surface area is 135 Å². The molecular weight excluding hydrogens is 292 g/mol. The van der Waals surface area contributed by atoms with Crippen LogP contribution in [0.15, 0.2) is 30.5 Å². The summed E-state index contributed by atoms with van der Waals surface area (Å²) < 4.78 is 1.97. The van der Waals surface area contributed by atoms with E-state index in [1.165, 1.54) is 6.42 Å². The van der Waals surface area contributed by atoms with Gasteiger partial charge in [-0.05, 0) is 36.4 Å². The van der Waals surface area contributed by atoms with Gasteiger partial charge in [-0.25, -0.2) is 0 Å². The summed E-state index contributed by atoms with van der Waals surface area (Å²) in [5.41, 5.74) is 1.54. The molecule has 0 saturated heterocycles. The highest BCUT2D eigenvalue weighted by molar-refractivity contribution is 5.99. The van der Waals surface area contributed by atoms with Crippen molar-refractivity contribution >= 4 is 22.8 Å². The van der Waals surface area contributed by atoms with Gasteiger partial charge in [0.1, 0.15) is 6.54 Å². The summed E-state index contributed by atoms with van der Waals surface area (Å²) in [5, 5.41) is 10.3. The highest BCUT2D eigenvalue weighted by Crippen LogP contribution is 2.25. The minimum absolute atomic E-state index is 0.0384. The van der Waals surface area contributed by atoms with E-state index in [1.807, 2.05) is 36.0 Å². The van der Waals surface area contributed by atoms with Gasteiger partial charge in [-0.2, -0.15) is 0 Å². The molecular formula is C18H22N2O3. The zero-order valence-electron chi connectivity index (χ0n) is 13.4. The van der Waals surface area contributed by atoms with Crippen LogP contribution in [0.25, 0.3) is 10.9 Å². The highest BCUT2D eigenvalue weighted by Gasteiger charge is 2.28. The molecule has 0 radical (unpaired) electrons. The third kappa shape index (κ3) is 3.23. The van der Waals surface area contributed by atoms with Crippen molar-refractivity contribution in [1.82, 2.24) is 9.47 Å². The van der Waals surface area contributed by atoms with E-state index in [4.69, 9.17) is 0 Å². The molecule has 1 heterocycles. The maximum Gasteiger partial charge on any atom is 0.323 e. The van der Waals surface area contributed by atoms with Gasteiger partial charge >= 0.3 is 5.97 Å². The van der Waals surface area contributed by atoms with Crippen molar-refractivity contribution in [2.24, 2.45) is 7.05 Å². The number of aliphatic carboxylic acids is 1. The predicted octanol–water partition coefficient (Wildman–Crippen LogP) is 3.04. The third-order valence-electron chi connectivity index (χ3n) is 4.72. The van der Waals surface area contributed by atoms with E-state index in [0.29, 0.717) is 5.56 Å². The van der Waals surface area contributed by atoms with E-state index in [-0.39, 0.29) is 18.5 Å². The maximum atomic E-state index is 12.9. The van der Waals surface area contributed by atoms with Gasteiger partial charge in [0.05, 0.1) is 0 Å². The second-order valence-corrected chi connectivity index (χ2v) is 6.32. The molecule has 3 rings (SSSR count). The lowest BCUT2D eigenvalue weighted by atomic mass is 9.93. The van der Waals surface area contributed by atoms with Crippen LogP contribution in [0.4, 0.5) is 0 Å². The molecule has 1 fully saturated rings. The molecule has 0 bridgehead atoms. The number of carbonyl (C=O) groups is 2. The number of carboxylic acids is 1. The van der Waals surface area contributed by atoms with E-state index in [9.17, 15) is 14.7 Å². The lowest BCUT2D eigenvalue weighted by Gasteiger charge is -2.33. The number of carboxylic acid groups (broad SMARTS) is 1. The summed E-state index contributed by atoms with van der Waals surface area (Å²) in [6.07, 6.45) is 7.03. The Morgan fingerprint density at radius 3 is 2.65 bits per heavy atom. The van der Waals surface area contributed by atoms with Crippen LogP contribution in [0.1, 0.15) is 42.5 Å². The quantitative estimate of drug-likeness (QED) is 0.943. The van der Waals surface area contributed by atoms with Crippen LogP contribution in [-0.4, -0.2) is 39.0 Å². The van der Waals surface area contributed by atoms with Crippen LogP contribution in [-0.2, 0) is 11.8 Å². The maximum absolute atomic E-state index is 12.9. The summed E-state index contributed by atoms with van der Waals surface area (Å²) in [5.74, 6) is -1.13. The predicted molar refractivity (Wildman–Crippen MR) is 88.5 cm³/mol. The van der Waals surface area contributed by atoms with Crippen molar-refractivity contribution in [2.75, 3.05) is 6.54 Å². The Hall–Kier alpha value is -2.30. The van der Waals surface area contributed by atoms with E-state index >= 15 is 0 Å². The average Bonchev–Trinajstić information content (AvgIpc) is 2.93. The van der Waals surface area contributed by atoms with Gasteiger partial charge in [0, 0.05) is 30.4 Å². The number of aromatic nitrogens is 1. The number of fused-ring (bicyclic) bond motifs is 1. The Kier molecular flexibility index (Phi) is 4.37. The molecule has 2 aromatic rings. The molecule has 1 N–H and O–H groups in total. The molecule has 0 aliphatic heterocycles. The molecule has 1 amide bonds. The molecule has 1 saturated carbocycles. The van der Waals surface area contributed by atoms with E-state index in [0.717, 1.165) is 36.6 Å². The van der Waals surface area contributed by atoms with Gasteiger partial charge in [-0.3, -0.25) is 9.59 Å². The number of rotatable bonds is 4. The van der Waals surface area contributed by atoms with Crippen LogP contribution in [0.5, 0.6) is 0 Å². The number of hydrogen-bond acceptors (Lipinski definition) is 2. The van der Waals surface area contributed by atoms with E-state index < -0.39 is 5.97 Å². The number of hydrogen-bond donors (Lipinski definition) is 1. The van der Waals surface area contributed by atoms with Crippen LogP contribution >= 0.6 is 0 Å². The second-order valence-electron chi connectivity index (χ2n) is 6.32. The fraction of sp³-hybridized carbons (Fsp3) is 0.444. The van der Waals surface area contributed by atoms with Crippen molar-refractivity contribution in [2.45, 2.75) is 38.1 Å². The van der Waals surface area contributed by atoms with Gasteiger partial charge in [0.15, 0.2) is 0 Å². The van der Waals surface area contributed by atoms with E-state index in [1.54, 1.807) is 11.0 Å². The zero-order valence-corrected chi connectivity index (χ0v) is 13.4. The van der Waals surface area contributed by atoms with E-state index in [2.05, 4.69) is 0 Å². The fourth-order valence-corrected chi connectivity index (χ4v) is 3.47. The first-order valence-corrected chi connectivity index (χ1v) is 8.14. The number of nitrogens with zero attached hydrogens (tertiary/aromatic N) is 2. The molecule has 0 atom stereocenters. The normalized spacial score (nSPS) is 15.7. The summed E-state index contributed by atoms with van der Waals surface area (Å²) in [6.45, 7) is -0.228. The SMILES string of the molecule is Cn1ccc2ccc(C(=O)N(CC(=O)O)C3CCCCC3)cc21. The molecule has 5 nitrogen and oxygen atoms in total. The Morgan fingerprint density at radius 1 is 1.22 bits per heavy atom. The summed E-state index contributed by atoms with van der Waals surface area (Å²) in [6, 6.07) is 7.61. The van der Waals surface area contributed by atoms with Gasteiger partial charge in [0.2, 0.25) is 0 Å². The van der Waals surface area contributed by atoms with Crippen molar-refractivity contribution in [3.8, 4) is 0 Å². The molecule has 1 aromatic heterocycles. The minimum Gasteiger partial charge on any atom is -0.480 e. The van der Waals surface area contributed by atoms with Gasteiger partial charge < -0.3 is 14.6 Å². The average molecular weight is 314 g/mol. The first-order valence-electron chi connectivity index (χ1n) is 8.14. The number of benzene rings is 1. The van der Waals surface area contributed by atoms with Crippen molar-refractivity contribution in [1.29, 1.82) is 0 Å². The topological polar surface area (TPSA) is 62.5 Å². The fourth-order valence-electron chi connectivity index (χ4n) is 3.47. The van der Waals surface area contributed by atoms with Crippen LogP contribution in [0.3, 0.4) is 0 Å². The minimum atomic E-state index is -0.955. The van der Waals surface area contributed by atoms with Gasteiger partial charge in [0.25, 0.3) is 5.91 Å². The monoisotopic (exact) mass is 314 g/mol. The van der Waals surface area contributed by atoms with Gasteiger partial charge in [-0.15, -0.1) is 0 Å². The van der Waals surface area contributed by atoms with Crippen LogP contribution in [0.2, 0.25) is 0 Å². The standard InChI is InChI=1S/C18H22N2O3/c1-19-10-9-13-7-8-14(11-16(13)19)18(23)20(12-17(21)22)15-5-3-2-4-6-15/h7-11,15H,2-6,12H2,1H3,(H,21,22). The van der Waals surface area contributed by atoms with Crippen molar-refractivity contribution < 1.29 is 14.7 Å². The molecule has 23 heavy (non-hydrogen) atoms. The number of aryl methyl sites for hydroxylation is 1. The van der Waals surface area contributed by atoms with Crippen molar-refractivity contribution in [3.05, 3.63) is 36.0 Å². The largest absolute Gasteiger partial charge is 0.480 e. The number of carbonyl (C=O) groups excluding carboxylic acids is 1. The summed E-state index contributed by atoms with van der Waals surface area (Å²) in [4.78, 5) is 25.7. The Balaban J connectivity index is 1.91. The summed E-state index contributed by atoms with van der Waals surface area (Å²) in [7, 11) is 1.94. The zero-order chi connectivity index (χ0) is 16.4. The van der Waals surface area contributed by atoms with Crippen LogP contribution < -0.4 is 0 Å². The molecule has 0 unspecified atom stereocenters. The Bertz CT molecular complexity index is 729. The number of amides is 1. The molecule has 1 aliphatic rings. The highest BCUT2D eigenvalue weighted by atomic mass is 16.4. The second kappa shape index (κ2) is 6.44. The smallest absolute Gasteiger partial charge is 0.323 e. The third-order valence-corrected chi connectivity index (χ3v) is 4.72. The molecule has 5 heteroatoms. The van der Waals surface area contributed by atoms with Crippen molar-refractivity contribution in [3.63, 3.8) is 0 Å². The summed E-state index contributed by atoms with van der Waals surface area (Å²) >= 11 is 0. The van der Waals surface area contributed by atoms with Gasteiger partial charge in [-0.1, -0.05) is 25.3 Å². The molecule has 122 valence electrons. The molecule has 1 aliphatic carbocycles. The van der Waals surface area contributed by atoms with Crippen LogP contribution in [0, 0.1) is 0 Å². The molecule has 1 aromatic carbocycles. The lowest BCUT2D eigenvalue weighted by molar-refractivity contribution is -0.138. The molecule has 0 spiro atoms.